The highest BCUT2D eigenvalue weighted by Gasteiger charge is 2.51. The lowest BCUT2D eigenvalue weighted by Crippen LogP contribution is -2.54. The van der Waals surface area contributed by atoms with Crippen molar-refractivity contribution in [3.63, 3.8) is 0 Å². The van der Waals surface area contributed by atoms with Crippen LogP contribution in [0.5, 0.6) is 0 Å². The molecule has 2 atom stereocenters. The summed E-state index contributed by atoms with van der Waals surface area (Å²) in [7, 11) is 0. The van der Waals surface area contributed by atoms with E-state index in [0.717, 1.165) is 0 Å². The predicted molar refractivity (Wildman–Crippen MR) is 61.2 cm³/mol. The Hall–Kier alpha value is -0.750. The van der Waals surface area contributed by atoms with Crippen LogP contribution in [-0.2, 0) is 14.3 Å². The maximum absolute atomic E-state index is 11.9. The Labute approximate surface area is 98.9 Å². The minimum absolute atomic E-state index is 0.0269. The Morgan fingerprint density at radius 3 is 2.62 bits per heavy atom. The lowest BCUT2D eigenvalue weighted by atomic mass is 10.0. The third-order valence-corrected chi connectivity index (χ3v) is 4.27. The molecule has 1 aliphatic heterocycles. The lowest BCUT2D eigenvalue weighted by molar-refractivity contribution is -0.149. The molecule has 1 saturated heterocycles. The number of ether oxygens (including phenoxy) is 1. The van der Waals surface area contributed by atoms with Crippen LogP contribution >= 0.6 is 11.8 Å². The Balaban J connectivity index is 2.84. The van der Waals surface area contributed by atoms with E-state index in [4.69, 9.17) is 9.84 Å². The molecule has 0 unspecified atom stereocenters. The molecule has 0 radical (unpaired) electrons. The first-order chi connectivity index (χ1) is 7.44. The number of carboxylic acid groups (broad SMARTS) is 1. The summed E-state index contributed by atoms with van der Waals surface area (Å²) in [4.78, 5) is 21.8. The molecule has 1 heterocycles. The number of nitrogens with one attached hydrogen (secondary N) is 1. The molecule has 0 spiro atoms. The van der Waals surface area contributed by atoms with Gasteiger partial charge in [0.15, 0.2) is 4.87 Å². The second-order valence-electron chi connectivity index (χ2n) is 3.96. The molecule has 0 aromatic heterocycles. The molecular formula is C10H17NO4S. The molecule has 5 nitrogen and oxygen atoms in total. The topological polar surface area (TPSA) is 75.6 Å². The van der Waals surface area contributed by atoms with Gasteiger partial charge in [-0.05, 0) is 12.8 Å². The van der Waals surface area contributed by atoms with Crippen LogP contribution in [0.1, 0.15) is 20.8 Å². The number of carboxylic acids is 1. The Bertz CT molecular complexity index is 295. The highest BCUT2D eigenvalue weighted by molar-refractivity contribution is 8.01. The van der Waals surface area contributed by atoms with Crippen LogP contribution in [0.25, 0.3) is 0 Å². The van der Waals surface area contributed by atoms with Crippen molar-refractivity contribution in [1.82, 2.24) is 5.32 Å². The van der Waals surface area contributed by atoms with Gasteiger partial charge in [0.1, 0.15) is 6.04 Å². The van der Waals surface area contributed by atoms with Crippen molar-refractivity contribution < 1.29 is 19.4 Å². The van der Waals surface area contributed by atoms with E-state index >= 15 is 0 Å². The third-order valence-electron chi connectivity index (χ3n) is 2.56. The van der Waals surface area contributed by atoms with Gasteiger partial charge in [-0.3, -0.25) is 10.1 Å². The van der Waals surface area contributed by atoms with Gasteiger partial charge in [0.2, 0.25) is 0 Å². The number of hydrogen-bond acceptors (Lipinski definition) is 5. The van der Waals surface area contributed by atoms with E-state index in [9.17, 15) is 9.59 Å². The zero-order valence-corrected chi connectivity index (χ0v) is 10.5. The van der Waals surface area contributed by atoms with Crippen LogP contribution in [0.4, 0.5) is 0 Å². The standard InChI is InChI=1S/C10H17NO4S/c1-4-15-9(14)10(6(2)3)11-7(5-16-10)8(12)13/h6-7,11H,4-5H2,1-3H3,(H,12,13)/t7-,10-/m0/s1. The fourth-order valence-corrected chi connectivity index (χ4v) is 3.01. The van der Waals surface area contributed by atoms with Crippen LogP contribution in [0.2, 0.25) is 0 Å². The quantitative estimate of drug-likeness (QED) is 0.712. The fraction of sp³-hybridized carbons (Fsp3) is 0.800. The molecule has 0 aromatic carbocycles. The Morgan fingerprint density at radius 1 is 1.62 bits per heavy atom. The van der Waals surface area contributed by atoms with Crippen molar-refractivity contribution in [3.8, 4) is 0 Å². The molecule has 1 rings (SSSR count). The Kier molecular flexibility index (Phi) is 4.21. The summed E-state index contributed by atoms with van der Waals surface area (Å²) >= 11 is 1.32. The van der Waals surface area contributed by atoms with Crippen molar-refractivity contribution in [1.29, 1.82) is 0 Å². The summed E-state index contributed by atoms with van der Waals surface area (Å²) in [5, 5.41) is 11.8. The molecule has 0 bridgehead atoms. The highest BCUT2D eigenvalue weighted by Crippen LogP contribution is 2.38. The highest BCUT2D eigenvalue weighted by atomic mass is 32.2. The second-order valence-corrected chi connectivity index (χ2v) is 5.22. The number of thioether (sulfide) groups is 1. The molecule has 0 aromatic rings. The summed E-state index contributed by atoms with van der Waals surface area (Å²) < 4.78 is 5.00. The summed E-state index contributed by atoms with van der Waals surface area (Å²) in [6.45, 7) is 5.79. The fourth-order valence-electron chi connectivity index (χ4n) is 1.62. The van der Waals surface area contributed by atoms with Gasteiger partial charge in [0.25, 0.3) is 0 Å². The van der Waals surface area contributed by atoms with Gasteiger partial charge < -0.3 is 9.84 Å². The summed E-state index contributed by atoms with van der Waals surface area (Å²) in [5.74, 6) is -0.953. The molecule has 0 amide bonds. The predicted octanol–water partition coefficient (Wildman–Crippen LogP) is 0.691. The number of carbonyl (C=O) groups excluding carboxylic acids is 1. The van der Waals surface area contributed by atoms with Crippen molar-refractivity contribution in [3.05, 3.63) is 0 Å². The van der Waals surface area contributed by atoms with E-state index in [-0.39, 0.29) is 11.9 Å². The van der Waals surface area contributed by atoms with Crippen LogP contribution in [0, 0.1) is 5.92 Å². The van der Waals surface area contributed by atoms with E-state index in [1.807, 2.05) is 13.8 Å². The van der Waals surface area contributed by atoms with Gasteiger partial charge in [0.05, 0.1) is 6.61 Å². The molecular weight excluding hydrogens is 230 g/mol. The van der Waals surface area contributed by atoms with Crippen molar-refractivity contribution >= 4 is 23.7 Å². The maximum atomic E-state index is 11.9. The average Bonchev–Trinajstić information content (AvgIpc) is 2.63. The molecule has 92 valence electrons. The van der Waals surface area contributed by atoms with Crippen molar-refractivity contribution in [2.45, 2.75) is 31.7 Å². The number of aliphatic carboxylic acids is 1. The van der Waals surface area contributed by atoms with Gasteiger partial charge in [-0.2, -0.15) is 0 Å². The first-order valence-corrected chi connectivity index (χ1v) is 6.24. The SMILES string of the molecule is CCOC(=O)[C@@]1(C(C)C)N[C@H](C(=O)O)CS1. The molecule has 0 saturated carbocycles. The molecule has 1 fully saturated rings. The molecule has 0 aliphatic carbocycles. The first-order valence-electron chi connectivity index (χ1n) is 5.25. The number of esters is 1. The van der Waals surface area contributed by atoms with E-state index in [0.29, 0.717) is 12.4 Å². The summed E-state index contributed by atoms with van der Waals surface area (Å²) in [6, 6.07) is -0.684. The van der Waals surface area contributed by atoms with Crippen LogP contribution < -0.4 is 5.32 Å². The number of rotatable bonds is 4. The number of hydrogen-bond donors (Lipinski definition) is 2. The molecule has 6 heteroatoms. The van der Waals surface area contributed by atoms with Gasteiger partial charge in [-0.1, -0.05) is 13.8 Å². The van der Waals surface area contributed by atoms with Crippen LogP contribution in [-0.4, -0.2) is 40.3 Å². The minimum Gasteiger partial charge on any atom is -0.480 e. The Morgan fingerprint density at radius 2 is 2.25 bits per heavy atom. The van der Waals surface area contributed by atoms with E-state index in [1.165, 1.54) is 11.8 Å². The summed E-state index contributed by atoms with van der Waals surface area (Å²) in [5.41, 5.74) is 0. The lowest BCUT2D eigenvalue weighted by Gasteiger charge is -2.30. The second kappa shape index (κ2) is 5.05. The van der Waals surface area contributed by atoms with Crippen LogP contribution in [0.15, 0.2) is 0 Å². The third kappa shape index (κ3) is 2.32. The zero-order valence-electron chi connectivity index (χ0n) is 9.65. The average molecular weight is 247 g/mol. The monoisotopic (exact) mass is 247 g/mol. The summed E-state index contributed by atoms with van der Waals surface area (Å²) in [6.07, 6.45) is 0. The molecule has 2 N–H and O–H groups in total. The number of carbonyl (C=O) groups is 2. The van der Waals surface area contributed by atoms with Crippen molar-refractivity contribution in [2.24, 2.45) is 5.92 Å². The normalized spacial score (nSPS) is 29.4. The van der Waals surface area contributed by atoms with Crippen molar-refractivity contribution in [2.75, 3.05) is 12.4 Å². The maximum Gasteiger partial charge on any atom is 0.337 e. The van der Waals surface area contributed by atoms with Gasteiger partial charge in [0, 0.05) is 5.75 Å². The van der Waals surface area contributed by atoms with E-state index in [2.05, 4.69) is 5.32 Å². The zero-order chi connectivity index (χ0) is 12.3. The first kappa shape index (κ1) is 13.3. The van der Waals surface area contributed by atoms with E-state index in [1.54, 1.807) is 6.92 Å². The van der Waals surface area contributed by atoms with E-state index < -0.39 is 16.9 Å². The minimum atomic E-state index is -0.931. The molecule has 1 aliphatic rings. The van der Waals surface area contributed by atoms with Crippen LogP contribution in [0.3, 0.4) is 0 Å². The smallest absolute Gasteiger partial charge is 0.337 e. The van der Waals surface area contributed by atoms with Gasteiger partial charge >= 0.3 is 11.9 Å². The van der Waals surface area contributed by atoms with Gasteiger partial charge in [-0.15, -0.1) is 11.8 Å². The van der Waals surface area contributed by atoms with Gasteiger partial charge in [-0.25, -0.2) is 4.79 Å². The molecule has 16 heavy (non-hydrogen) atoms. The largest absolute Gasteiger partial charge is 0.480 e.